The number of sulfone groups is 1. The van der Waals surface area contributed by atoms with Crippen LogP contribution in [0.4, 0.5) is 28.9 Å². The molecule has 3 aromatic rings. The van der Waals surface area contributed by atoms with E-state index in [4.69, 9.17) is 4.74 Å². The Kier molecular flexibility index (Phi) is 8.53. The number of halogens is 4. The van der Waals surface area contributed by atoms with Crippen molar-refractivity contribution < 1.29 is 30.7 Å². The zero-order valence-electron chi connectivity index (χ0n) is 21.3. The van der Waals surface area contributed by atoms with Crippen LogP contribution in [-0.4, -0.2) is 80.5 Å². The summed E-state index contributed by atoms with van der Waals surface area (Å²) < 4.78 is 85.0. The average Bonchev–Trinajstić information content (AvgIpc) is 3.19. The van der Waals surface area contributed by atoms with E-state index in [1.165, 1.54) is 35.9 Å². The van der Waals surface area contributed by atoms with Gasteiger partial charge in [-0.3, -0.25) is 4.40 Å². The van der Waals surface area contributed by atoms with Gasteiger partial charge in [0.1, 0.15) is 22.6 Å². The first kappa shape index (κ1) is 28.8. The number of nitrogens with one attached hydrogen (secondary N) is 2. The zero-order chi connectivity index (χ0) is 28.4. The minimum atomic E-state index is -4.58. The number of anilines is 2. The number of rotatable bonds is 7. The van der Waals surface area contributed by atoms with E-state index in [9.17, 15) is 26.0 Å². The zero-order valence-corrected chi connectivity index (χ0v) is 23.0. The number of likely N-dealkylation sites (tertiary alicyclic amines) is 1. The second kappa shape index (κ2) is 11.5. The Labute approximate surface area is 228 Å². The summed E-state index contributed by atoms with van der Waals surface area (Å²) in [5, 5.41) is 5.89. The number of imidazole rings is 1. The fraction of sp³-hybridized carbons (Fsp3) is 0.400. The highest BCUT2D eigenvalue weighted by Crippen LogP contribution is 2.39. The molecule has 0 saturated carbocycles. The van der Waals surface area contributed by atoms with E-state index in [2.05, 4.69) is 27.5 Å². The standard InChI is InChI=1S/C25H27F4N5O3S2/c1-33-13-10-18(17(26)15-33)31-20-7-5-12-34-23(20)32-21(24(34)38-25(27,28)29)6-4-11-30-19-9-8-16(39(3,35)36)14-22(19)37-2/h5,7-9,12,14,17-18,30-31H,10-11,13,15H2,1-3H3/t17-,18+/m0/s1. The van der Waals surface area contributed by atoms with Crippen molar-refractivity contribution in [3.63, 3.8) is 0 Å². The Morgan fingerprint density at radius 1 is 1.26 bits per heavy atom. The molecular weight excluding hydrogens is 558 g/mol. The quantitative estimate of drug-likeness (QED) is 0.242. The van der Waals surface area contributed by atoms with Gasteiger partial charge < -0.3 is 20.3 Å². The van der Waals surface area contributed by atoms with Crippen molar-refractivity contribution in [3.8, 4) is 17.6 Å². The summed E-state index contributed by atoms with van der Waals surface area (Å²) in [5.74, 6) is 5.75. The second-order valence-electron chi connectivity index (χ2n) is 9.04. The van der Waals surface area contributed by atoms with Gasteiger partial charge in [0.05, 0.1) is 36.0 Å². The van der Waals surface area contributed by atoms with E-state index in [-0.39, 0.29) is 51.9 Å². The summed E-state index contributed by atoms with van der Waals surface area (Å²) >= 11 is -0.324. The SMILES string of the molecule is COc1cc(S(C)(=O)=O)ccc1NCC#Cc1nc2c(N[C@@H]3CCN(C)C[C@@H]3F)cccn2c1SC(F)(F)F. The van der Waals surface area contributed by atoms with E-state index >= 15 is 0 Å². The minimum absolute atomic E-state index is 0.0167. The molecule has 2 atom stereocenters. The minimum Gasteiger partial charge on any atom is -0.495 e. The third kappa shape index (κ3) is 7.09. The molecule has 0 amide bonds. The van der Waals surface area contributed by atoms with Crippen LogP contribution in [0, 0.1) is 11.8 Å². The number of hydrogen-bond donors (Lipinski definition) is 2. The maximum absolute atomic E-state index is 14.6. The van der Waals surface area contributed by atoms with Gasteiger partial charge in [0.2, 0.25) is 0 Å². The van der Waals surface area contributed by atoms with Gasteiger partial charge in [0, 0.05) is 43.4 Å². The number of alkyl halides is 4. The molecule has 2 aromatic heterocycles. The van der Waals surface area contributed by atoms with Crippen molar-refractivity contribution >= 4 is 38.6 Å². The number of nitrogens with zero attached hydrogens (tertiary/aromatic N) is 3. The number of thioether (sulfide) groups is 1. The molecule has 210 valence electrons. The Morgan fingerprint density at radius 3 is 2.69 bits per heavy atom. The molecule has 1 fully saturated rings. The molecule has 0 radical (unpaired) electrons. The van der Waals surface area contributed by atoms with E-state index in [0.717, 1.165) is 6.26 Å². The van der Waals surface area contributed by atoms with Crippen LogP contribution in [0.1, 0.15) is 12.1 Å². The van der Waals surface area contributed by atoms with Crippen LogP contribution >= 0.6 is 11.8 Å². The van der Waals surface area contributed by atoms with E-state index in [0.29, 0.717) is 24.3 Å². The van der Waals surface area contributed by atoms with Crippen molar-refractivity contribution in [2.75, 3.05) is 50.7 Å². The lowest BCUT2D eigenvalue weighted by atomic mass is 10.0. The normalized spacial score (nSPS) is 18.4. The number of ether oxygens (including phenoxy) is 1. The lowest BCUT2D eigenvalue weighted by Gasteiger charge is -2.33. The van der Waals surface area contributed by atoms with Gasteiger partial charge in [0.25, 0.3) is 0 Å². The Hall–Kier alpha value is -3.15. The van der Waals surface area contributed by atoms with Gasteiger partial charge in [-0.2, -0.15) is 13.2 Å². The molecule has 3 heterocycles. The third-order valence-corrected chi connectivity index (χ3v) is 8.00. The Morgan fingerprint density at radius 2 is 2.03 bits per heavy atom. The maximum Gasteiger partial charge on any atom is 0.447 e. The molecule has 14 heteroatoms. The number of benzene rings is 1. The van der Waals surface area contributed by atoms with Crippen molar-refractivity contribution in [3.05, 3.63) is 42.2 Å². The first-order chi connectivity index (χ1) is 18.4. The maximum atomic E-state index is 14.6. The monoisotopic (exact) mass is 585 g/mol. The molecule has 39 heavy (non-hydrogen) atoms. The van der Waals surface area contributed by atoms with Crippen LogP contribution in [-0.2, 0) is 9.84 Å². The predicted octanol–water partition coefficient (Wildman–Crippen LogP) is 4.28. The molecule has 0 unspecified atom stereocenters. The first-order valence-electron chi connectivity index (χ1n) is 11.8. The van der Waals surface area contributed by atoms with E-state index in [1.54, 1.807) is 12.1 Å². The van der Waals surface area contributed by atoms with E-state index in [1.807, 2.05) is 11.9 Å². The topological polar surface area (TPSA) is 88.0 Å². The number of piperidine rings is 1. The van der Waals surface area contributed by atoms with Gasteiger partial charge in [-0.25, -0.2) is 17.8 Å². The largest absolute Gasteiger partial charge is 0.495 e. The molecule has 1 saturated heterocycles. The number of pyridine rings is 1. The smallest absolute Gasteiger partial charge is 0.447 e. The van der Waals surface area contributed by atoms with Crippen LogP contribution < -0.4 is 15.4 Å². The summed E-state index contributed by atoms with van der Waals surface area (Å²) in [6.45, 7) is 0.967. The lowest BCUT2D eigenvalue weighted by Crippen LogP contribution is -2.46. The average molecular weight is 586 g/mol. The first-order valence-corrected chi connectivity index (χ1v) is 14.5. The molecule has 1 aliphatic rings. The summed E-state index contributed by atoms with van der Waals surface area (Å²) in [6.07, 6.45) is 1.94. The molecule has 8 nitrogen and oxygen atoms in total. The molecule has 2 N–H and O–H groups in total. The van der Waals surface area contributed by atoms with Crippen molar-refractivity contribution in [2.24, 2.45) is 0 Å². The van der Waals surface area contributed by atoms with Gasteiger partial charge in [-0.05, 0) is 43.7 Å². The highest BCUT2D eigenvalue weighted by Gasteiger charge is 2.33. The third-order valence-electron chi connectivity index (χ3n) is 6.08. The molecule has 1 aliphatic heterocycles. The molecule has 0 bridgehead atoms. The van der Waals surface area contributed by atoms with E-state index < -0.39 is 27.6 Å². The summed E-state index contributed by atoms with van der Waals surface area (Å²) in [5.41, 5.74) is -3.57. The fourth-order valence-corrected chi connectivity index (χ4v) is 5.48. The Balaban J connectivity index is 1.61. The highest BCUT2D eigenvalue weighted by molar-refractivity contribution is 8.00. The van der Waals surface area contributed by atoms with Gasteiger partial charge in [0.15, 0.2) is 15.5 Å². The Bertz CT molecular complexity index is 1520. The highest BCUT2D eigenvalue weighted by atomic mass is 32.2. The van der Waals surface area contributed by atoms with Crippen LogP contribution in [0.25, 0.3) is 5.65 Å². The van der Waals surface area contributed by atoms with Crippen molar-refractivity contribution in [2.45, 2.75) is 34.1 Å². The van der Waals surface area contributed by atoms with Crippen molar-refractivity contribution in [1.82, 2.24) is 14.3 Å². The number of methoxy groups -OCH3 is 1. The summed E-state index contributed by atoms with van der Waals surface area (Å²) in [6, 6.07) is 7.03. The van der Waals surface area contributed by atoms with Crippen LogP contribution in [0.5, 0.6) is 5.75 Å². The number of aromatic nitrogens is 2. The number of hydrogen-bond acceptors (Lipinski definition) is 8. The van der Waals surface area contributed by atoms with Crippen molar-refractivity contribution in [1.29, 1.82) is 0 Å². The molecule has 4 rings (SSSR count). The van der Waals surface area contributed by atoms with Gasteiger partial charge in [-0.1, -0.05) is 5.92 Å². The van der Waals surface area contributed by atoms with Crippen LogP contribution in [0.15, 0.2) is 46.5 Å². The van der Waals surface area contributed by atoms with Gasteiger partial charge >= 0.3 is 5.51 Å². The van der Waals surface area contributed by atoms with Crippen LogP contribution in [0.2, 0.25) is 0 Å². The summed E-state index contributed by atoms with van der Waals surface area (Å²) in [4.78, 5) is 6.34. The second-order valence-corrected chi connectivity index (χ2v) is 12.1. The lowest BCUT2D eigenvalue weighted by molar-refractivity contribution is -0.0329. The molecule has 1 aromatic carbocycles. The van der Waals surface area contributed by atoms with Gasteiger partial charge in [-0.15, -0.1) is 0 Å². The van der Waals surface area contributed by atoms with Crippen LogP contribution in [0.3, 0.4) is 0 Å². The molecule has 0 aliphatic carbocycles. The predicted molar refractivity (Wildman–Crippen MR) is 143 cm³/mol. The summed E-state index contributed by atoms with van der Waals surface area (Å²) in [7, 11) is -0.214. The molecular formula is C25H27F4N5O3S2. The number of fused-ring (bicyclic) bond motifs is 1. The fourth-order valence-electron chi connectivity index (χ4n) is 4.18. The molecule has 0 spiro atoms.